The molecule has 3 aromatic rings. The lowest BCUT2D eigenvalue weighted by atomic mass is 10.3. The van der Waals surface area contributed by atoms with E-state index in [9.17, 15) is 0 Å². The number of thioether (sulfide) groups is 1. The van der Waals surface area contributed by atoms with Crippen LogP contribution in [0.5, 0.6) is 0 Å². The third-order valence-electron chi connectivity index (χ3n) is 2.73. The first-order valence-electron chi connectivity index (χ1n) is 5.90. The highest BCUT2D eigenvalue weighted by molar-refractivity contribution is 7.98. The van der Waals surface area contributed by atoms with Gasteiger partial charge in [0.25, 0.3) is 0 Å². The van der Waals surface area contributed by atoms with Crippen LogP contribution in [-0.4, -0.2) is 19.7 Å². The summed E-state index contributed by atoms with van der Waals surface area (Å²) < 4.78 is 2.01. The molecule has 0 atom stereocenters. The number of pyridine rings is 1. The number of rotatable bonds is 4. The first-order valence-corrected chi connectivity index (χ1v) is 8.15. The first kappa shape index (κ1) is 13.6. The molecule has 0 fully saturated rings. The SMILES string of the molecule is Cn1c(SCc2ccc(Cl)nc2)nnc1-c1cccs1. The van der Waals surface area contributed by atoms with E-state index < -0.39 is 0 Å². The zero-order valence-electron chi connectivity index (χ0n) is 10.7. The van der Waals surface area contributed by atoms with E-state index in [4.69, 9.17) is 11.6 Å². The van der Waals surface area contributed by atoms with Gasteiger partial charge in [-0.3, -0.25) is 0 Å². The van der Waals surface area contributed by atoms with Gasteiger partial charge >= 0.3 is 0 Å². The lowest BCUT2D eigenvalue weighted by Crippen LogP contribution is -1.94. The lowest BCUT2D eigenvalue weighted by molar-refractivity contribution is 0.794. The predicted octanol–water partition coefficient (Wildman–Crippen LogP) is 3.88. The molecule has 3 rings (SSSR count). The predicted molar refractivity (Wildman–Crippen MR) is 83.1 cm³/mol. The lowest BCUT2D eigenvalue weighted by Gasteiger charge is -2.02. The quantitative estimate of drug-likeness (QED) is 0.540. The van der Waals surface area contributed by atoms with Crippen LogP contribution in [0.1, 0.15) is 5.56 Å². The summed E-state index contributed by atoms with van der Waals surface area (Å²) in [7, 11) is 1.98. The van der Waals surface area contributed by atoms with Crippen LogP contribution in [0.2, 0.25) is 5.15 Å². The molecule has 0 bridgehead atoms. The Morgan fingerprint density at radius 3 is 2.90 bits per heavy atom. The van der Waals surface area contributed by atoms with Gasteiger partial charge < -0.3 is 4.57 Å². The molecule has 7 heteroatoms. The van der Waals surface area contributed by atoms with Crippen molar-refractivity contribution in [1.29, 1.82) is 0 Å². The highest BCUT2D eigenvalue weighted by Crippen LogP contribution is 2.27. The Morgan fingerprint density at radius 1 is 1.30 bits per heavy atom. The second-order valence-electron chi connectivity index (χ2n) is 4.12. The van der Waals surface area contributed by atoms with Gasteiger partial charge in [-0.2, -0.15) is 0 Å². The van der Waals surface area contributed by atoms with Gasteiger partial charge in [-0.1, -0.05) is 35.5 Å². The summed E-state index contributed by atoms with van der Waals surface area (Å²) in [5.74, 6) is 1.69. The van der Waals surface area contributed by atoms with E-state index in [1.807, 2.05) is 35.2 Å². The summed E-state index contributed by atoms with van der Waals surface area (Å²) in [5.41, 5.74) is 1.11. The molecule has 0 spiro atoms. The fraction of sp³-hybridized carbons (Fsp3) is 0.154. The molecule has 0 amide bonds. The van der Waals surface area contributed by atoms with Crippen molar-refractivity contribution in [3.05, 3.63) is 46.6 Å². The van der Waals surface area contributed by atoms with Crippen LogP contribution in [-0.2, 0) is 12.8 Å². The third-order valence-corrected chi connectivity index (χ3v) is 4.91. The molecule has 0 N–H and O–H groups in total. The second-order valence-corrected chi connectivity index (χ2v) is 6.40. The van der Waals surface area contributed by atoms with Gasteiger partial charge in [0.2, 0.25) is 0 Å². The summed E-state index contributed by atoms with van der Waals surface area (Å²) >= 11 is 9.07. The van der Waals surface area contributed by atoms with Crippen molar-refractivity contribution < 1.29 is 0 Å². The largest absolute Gasteiger partial charge is 0.304 e. The molecule has 0 aliphatic carbocycles. The number of aromatic nitrogens is 4. The van der Waals surface area contributed by atoms with Gasteiger partial charge in [-0.05, 0) is 23.1 Å². The van der Waals surface area contributed by atoms with Crippen LogP contribution in [0.4, 0.5) is 0 Å². The monoisotopic (exact) mass is 322 g/mol. The number of hydrogen-bond acceptors (Lipinski definition) is 5. The van der Waals surface area contributed by atoms with Crippen LogP contribution in [0.15, 0.2) is 41.0 Å². The topological polar surface area (TPSA) is 43.6 Å². The van der Waals surface area contributed by atoms with E-state index in [1.165, 1.54) is 0 Å². The van der Waals surface area contributed by atoms with Crippen LogP contribution in [0.25, 0.3) is 10.7 Å². The van der Waals surface area contributed by atoms with Gasteiger partial charge in [0.05, 0.1) is 4.88 Å². The van der Waals surface area contributed by atoms with E-state index in [0.717, 1.165) is 27.2 Å². The number of thiophene rings is 1. The number of halogens is 1. The zero-order chi connectivity index (χ0) is 13.9. The van der Waals surface area contributed by atoms with Gasteiger partial charge in [-0.15, -0.1) is 21.5 Å². The van der Waals surface area contributed by atoms with Crippen molar-refractivity contribution in [2.45, 2.75) is 10.9 Å². The molecule has 4 nitrogen and oxygen atoms in total. The van der Waals surface area contributed by atoms with Crippen molar-refractivity contribution >= 4 is 34.7 Å². The minimum atomic E-state index is 0.511. The van der Waals surface area contributed by atoms with Crippen LogP contribution in [0.3, 0.4) is 0 Å². The molecule has 0 aliphatic heterocycles. The standard InChI is InChI=1S/C13H11ClN4S2/c1-18-12(10-3-2-6-19-10)16-17-13(18)20-8-9-4-5-11(14)15-7-9/h2-7H,8H2,1H3. The summed E-state index contributed by atoms with van der Waals surface area (Å²) in [6, 6.07) is 7.83. The summed E-state index contributed by atoms with van der Waals surface area (Å²) in [6.45, 7) is 0. The van der Waals surface area contributed by atoms with Crippen molar-refractivity contribution in [2.75, 3.05) is 0 Å². The Kier molecular flexibility index (Phi) is 4.05. The van der Waals surface area contributed by atoms with Crippen molar-refractivity contribution in [3.8, 4) is 10.7 Å². The zero-order valence-corrected chi connectivity index (χ0v) is 13.0. The highest BCUT2D eigenvalue weighted by atomic mass is 35.5. The Labute approximate surface area is 129 Å². The molecule has 0 unspecified atom stereocenters. The Bertz CT molecular complexity index is 692. The molecule has 3 aromatic heterocycles. The molecule has 0 saturated carbocycles. The Morgan fingerprint density at radius 2 is 2.20 bits per heavy atom. The fourth-order valence-corrected chi connectivity index (χ4v) is 3.40. The van der Waals surface area contributed by atoms with Gasteiger partial charge in [-0.25, -0.2) is 4.98 Å². The summed E-state index contributed by atoms with van der Waals surface area (Å²) in [5, 5.41) is 11.9. The average molecular weight is 323 g/mol. The molecule has 0 aliphatic rings. The molecule has 3 heterocycles. The van der Waals surface area contributed by atoms with Crippen molar-refractivity contribution in [3.63, 3.8) is 0 Å². The normalized spacial score (nSPS) is 10.9. The van der Waals surface area contributed by atoms with Crippen LogP contribution in [0, 0.1) is 0 Å². The number of nitrogens with zero attached hydrogens (tertiary/aromatic N) is 4. The molecule has 0 aromatic carbocycles. The Hall–Kier alpha value is -1.37. The third kappa shape index (κ3) is 2.87. The van der Waals surface area contributed by atoms with E-state index in [0.29, 0.717) is 5.15 Å². The van der Waals surface area contributed by atoms with E-state index in [-0.39, 0.29) is 0 Å². The maximum Gasteiger partial charge on any atom is 0.191 e. The highest BCUT2D eigenvalue weighted by Gasteiger charge is 2.11. The van der Waals surface area contributed by atoms with Crippen LogP contribution >= 0.6 is 34.7 Å². The van der Waals surface area contributed by atoms with E-state index >= 15 is 0 Å². The van der Waals surface area contributed by atoms with E-state index in [1.54, 1.807) is 35.4 Å². The molecule has 0 radical (unpaired) electrons. The number of hydrogen-bond donors (Lipinski definition) is 0. The molecule has 102 valence electrons. The molecular formula is C13H11ClN4S2. The average Bonchev–Trinajstić information content (AvgIpc) is 3.08. The van der Waals surface area contributed by atoms with Gasteiger partial charge in [0.15, 0.2) is 11.0 Å². The van der Waals surface area contributed by atoms with Crippen molar-refractivity contribution in [1.82, 2.24) is 19.7 Å². The Balaban J connectivity index is 1.74. The first-order chi connectivity index (χ1) is 9.74. The minimum absolute atomic E-state index is 0.511. The maximum absolute atomic E-state index is 5.77. The summed E-state index contributed by atoms with van der Waals surface area (Å²) in [6.07, 6.45) is 1.78. The molecule has 0 saturated heterocycles. The second kappa shape index (κ2) is 5.95. The van der Waals surface area contributed by atoms with Crippen LogP contribution < -0.4 is 0 Å². The maximum atomic E-state index is 5.77. The molecule has 20 heavy (non-hydrogen) atoms. The van der Waals surface area contributed by atoms with Gasteiger partial charge in [0.1, 0.15) is 5.15 Å². The van der Waals surface area contributed by atoms with Gasteiger partial charge in [0, 0.05) is 19.0 Å². The minimum Gasteiger partial charge on any atom is -0.304 e. The molecular weight excluding hydrogens is 312 g/mol. The van der Waals surface area contributed by atoms with E-state index in [2.05, 4.69) is 15.2 Å². The van der Waals surface area contributed by atoms with Crippen molar-refractivity contribution in [2.24, 2.45) is 7.05 Å². The summed E-state index contributed by atoms with van der Waals surface area (Å²) in [4.78, 5) is 5.20. The smallest absolute Gasteiger partial charge is 0.191 e. The fourth-order valence-electron chi connectivity index (χ4n) is 1.70.